The van der Waals surface area contributed by atoms with E-state index in [0.29, 0.717) is 10.9 Å². The molecule has 0 heterocycles. The summed E-state index contributed by atoms with van der Waals surface area (Å²) >= 11 is 4.89. The molecule has 1 unspecified atom stereocenters. The zero-order valence-corrected chi connectivity index (χ0v) is 10.0. The Labute approximate surface area is 96.4 Å². The fourth-order valence-electron chi connectivity index (χ4n) is 1.58. The van der Waals surface area contributed by atoms with E-state index in [-0.39, 0.29) is 0 Å². The molecule has 0 amide bonds. The molecule has 1 aromatic rings. The smallest absolute Gasteiger partial charge is 0.118 e. The van der Waals surface area contributed by atoms with E-state index in [1.165, 1.54) is 5.56 Å². The summed E-state index contributed by atoms with van der Waals surface area (Å²) in [6.07, 6.45) is 1.81. The summed E-state index contributed by atoms with van der Waals surface area (Å²) in [6.45, 7) is 2.16. The molecule has 0 aliphatic heterocycles. The molecule has 15 heavy (non-hydrogen) atoms. The average molecular weight is 223 g/mol. The highest BCUT2D eigenvalue weighted by molar-refractivity contribution is 7.80. The van der Waals surface area contributed by atoms with E-state index >= 15 is 0 Å². The average Bonchev–Trinajstić information content (AvgIpc) is 2.17. The van der Waals surface area contributed by atoms with Gasteiger partial charge in [0.2, 0.25) is 0 Å². The molecule has 2 nitrogen and oxygen atoms in total. The Balaban J connectivity index is 2.53. The van der Waals surface area contributed by atoms with Crippen LogP contribution >= 0.6 is 12.2 Å². The van der Waals surface area contributed by atoms with E-state index < -0.39 is 0 Å². The number of hydrogen-bond donors (Lipinski definition) is 1. The van der Waals surface area contributed by atoms with E-state index in [2.05, 4.69) is 19.1 Å². The fourth-order valence-corrected chi connectivity index (χ4v) is 1.86. The highest BCUT2D eigenvalue weighted by atomic mass is 32.1. The van der Waals surface area contributed by atoms with Crippen LogP contribution in [0.3, 0.4) is 0 Å². The van der Waals surface area contributed by atoms with E-state index in [9.17, 15) is 0 Å². The van der Waals surface area contributed by atoms with Crippen LogP contribution in [0.15, 0.2) is 24.3 Å². The highest BCUT2D eigenvalue weighted by Gasteiger charge is 2.05. The van der Waals surface area contributed by atoms with Crippen LogP contribution in [-0.2, 0) is 6.42 Å². The fraction of sp³-hybridized carbons (Fsp3) is 0.417. The Morgan fingerprint density at radius 2 is 2.00 bits per heavy atom. The van der Waals surface area contributed by atoms with Crippen LogP contribution in [0.2, 0.25) is 0 Å². The minimum atomic E-state index is 0.496. The molecule has 0 aliphatic rings. The third kappa shape index (κ3) is 4.30. The number of benzene rings is 1. The van der Waals surface area contributed by atoms with Crippen LogP contribution in [-0.4, -0.2) is 12.1 Å². The zero-order valence-electron chi connectivity index (χ0n) is 9.19. The minimum absolute atomic E-state index is 0.496. The van der Waals surface area contributed by atoms with E-state index in [1.54, 1.807) is 7.11 Å². The van der Waals surface area contributed by atoms with Gasteiger partial charge in [0.05, 0.1) is 12.1 Å². The number of ether oxygens (including phenoxy) is 1. The second-order valence-electron chi connectivity index (χ2n) is 3.83. The van der Waals surface area contributed by atoms with Crippen LogP contribution in [0, 0.1) is 5.92 Å². The Kier molecular flexibility index (Phi) is 4.56. The van der Waals surface area contributed by atoms with Crippen molar-refractivity contribution in [3.63, 3.8) is 0 Å². The molecule has 1 rings (SSSR count). The van der Waals surface area contributed by atoms with Gasteiger partial charge in [0.25, 0.3) is 0 Å². The van der Waals surface area contributed by atoms with Gasteiger partial charge < -0.3 is 10.5 Å². The van der Waals surface area contributed by atoms with E-state index in [1.807, 2.05) is 12.1 Å². The normalized spacial score (nSPS) is 12.1. The lowest BCUT2D eigenvalue weighted by atomic mass is 9.98. The van der Waals surface area contributed by atoms with Crippen LogP contribution < -0.4 is 10.5 Å². The molecule has 0 spiro atoms. The van der Waals surface area contributed by atoms with Crippen molar-refractivity contribution in [2.75, 3.05) is 7.11 Å². The lowest BCUT2D eigenvalue weighted by Crippen LogP contribution is -2.13. The molecule has 0 bridgehead atoms. The first-order valence-electron chi connectivity index (χ1n) is 5.03. The van der Waals surface area contributed by atoms with Gasteiger partial charge in [-0.05, 0) is 30.0 Å². The van der Waals surface area contributed by atoms with Crippen LogP contribution in [0.4, 0.5) is 0 Å². The highest BCUT2D eigenvalue weighted by Crippen LogP contribution is 2.16. The van der Waals surface area contributed by atoms with Crippen molar-refractivity contribution in [2.45, 2.75) is 19.8 Å². The molecule has 0 aromatic heterocycles. The quantitative estimate of drug-likeness (QED) is 0.779. The number of thiocarbonyl (C=S) groups is 1. The van der Waals surface area contributed by atoms with E-state index in [4.69, 9.17) is 22.7 Å². The van der Waals surface area contributed by atoms with Crippen molar-refractivity contribution in [1.29, 1.82) is 0 Å². The van der Waals surface area contributed by atoms with Crippen LogP contribution in [0.1, 0.15) is 18.9 Å². The van der Waals surface area contributed by atoms with Crippen LogP contribution in [0.25, 0.3) is 0 Å². The first kappa shape index (κ1) is 12.0. The number of rotatable bonds is 5. The third-order valence-electron chi connectivity index (χ3n) is 2.29. The number of hydrogen-bond acceptors (Lipinski definition) is 2. The van der Waals surface area contributed by atoms with Gasteiger partial charge in [-0.15, -0.1) is 0 Å². The summed E-state index contributed by atoms with van der Waals surface area (Å²) in [5.74, 6) is 1.39. The maximum absolute atomic E-state index is 5.50. The Hall–Kier alpha value is -1.09. The van der Waals surface area contributed by atoms with Crippen molar-refractivity contribution in [2.24, 2.45) is 11.7 Å². The predicted octanol–water partition coefficient (Wildman–Crippen LogP) is 2.55. The molecule has 0 saturated carbocycles. The van der Waals surface area contributed by atoms with Gasteiger partial charge in [-0.2, -0.15) is 0 Å². The Bertz CT molecular complexity index is 321. The maximum atomic E-state index is 5.50. The van der Waals surface area contributed by atoms with Crippen molar-refractivity contribution in [3.05, 3.63) is 29.8 Å². The third-order valence-corrected chi connectivity index (χ3v) is 2.46. The lowest BCUT2D eigenvalue weighted by Gasteiger charge is -2.10. The van der Waals surface area contributed by atoms with Crippen molar-refractivity contribution >= 4 is 17.2 Å². The molecular weight excluding hydrogens is 206 g/mol. The van der Waals surface area contributed by atoms with Crippen molar-refractivity contribution in [3.8, 4) is 5.75 Å². The molecular formula is C12H17NOS. The summed E-state index contributed by atoms with van der Waals surface area (Å²) in [6, 6.07) is 8.11. The lowest BCUT2D eigenvalue weighted by molar-refractivity contribution is 0.414. The maximum Gasteiger partial charge on any atom is 0.118 e. The minimum Gasteiger partial charge on any atom is -0.497 e. The number of nitrogens with two attached hydrogens (primary N) is 1. The molecule has 0 aliphatic carbocycles. The number of methoxy groups -OCH3 is 1. The monoisotopic (exact) mass is 223 g/mol. The first-order valence-corrected chi connectivity index (χ1v) is 5.44. The molecule has 0 fully saturated rings. The summed E-state index contributed by atoms with van der Waals surface area (Å²) in [7, 11) is 1.67. The molecule has 2 N–H and O–H groups in total. The summed E-state index contributed by atoms with van der Waals surface area (Å²) in [5.41, 5.74) is 6.80. The largest absolute Gasteiger partial charge is 0.497 e. The van der Waals surface area contributed by atoms with Gasteiger partial charge in [-0.25, -0.2) is 0 Å². The van der Waals surface area contributed by atoms with Gasteiger partial charge in [0.1, 0.15) is 5.75 Å². The van der Waals surface area contributed by atoms with Gasteiger partial charge in [0.15, 0.2) is 0 Å². The predicted molar refractivity (Wildman–Crippen MR) is 67.3 cm³/mol. The summed E-state index contributed by atoms with van der Waals surface area (Å²) in [5, 5.41) is 0. The Morgan fingerprint density at radius 3 is 2.47 bits per heavy atom. The van der Waals surface area contributed by atoms with Gasteiger partial charge >= 0.3 is 0 Å². The second kappa shape index (κ2) is 5.71. The molecule has 0 saturated heterocycles. The second-order valence-corrected chi connectivity index (χ2v) is 4.35. The Morgan fingerprint density at radius 1 is 1.40 bits per heavy atom. The van der Waals surface area contributed by atoms with Gasteiger partial charge in [-0.1, -0.05) is 31.3 Å². The summed E-state index contributed by atoms with van der Waals surface area (Å²) < 4.78 is 5.10. The standard InChI is InChI=1S/C12H17NOS/c1-9(8-12(13)15)7-10-3-5-11(14-2)6-4-10/h3-6,9H,7-8H2,1-2H3,(H2,13,15). The molecule has 1 aromatic carbocycles. The SMILES string of the molecule is COc1ccc(CC(C)CC(N)=S)cc1. The molecule has 3 heteroatoms. The van der Waals surface area contributed by atoms with Crippen molar-refractivity contribution < 1.29 is 4.74 Å². The van der Waals surface area contributed by atoms with Gasteiger partial charge in [0, 0.05) is 6.42 Å². The van der Waals surface area contributed by atoms with Crippen LogP contribution in [0.5, 0.6) is 5.75 Å². The molecule has 0 radical (unpaired) electrons. The van der Waals surface area contributed by atoms with E-state index in [0.717, 1.165) is 18.6 Å². The topological polar surface area (TPSA) is 35.2 Å². The molecule has 82 valence electrons. The van der Waals surface area contributed by atoms with Crippen molar-refractivity contribution in [1.82, 2.24) is 0 Å². The van der Waals surface area contributed by atoms with Gasteiger partial charge in [-0.3, -0.25) is 0 Å². The summed E-state index contributed by atoms with van der Waals surface area (Å²) in [4.78, 5) is 0.594. The molecule has 1 atom stereocenters. The first-order chi connectivity index (χ1) is 7.11. The zero-order chi connectivity index (χ0) is 11.3.